The first-order chi connectivity index (χ1) is 17.0. The molecule has 1 aliphatic heterocycles. The van der Waals surface area contributed by atoms with Gasteiger partial charge >= 0.3 is 0 Å². The van der Waals surface area contributed by atoms with E-state index >= 15 is 0 Å². The molecule has 0 radical (unpaired) electrons. The Balaban J connectivity index is 1.32. The maximum absolute atomic E-state index is 13.6. The summed E-state index contributed by atoms with van der Waals surface area (Å²) in [6.07, 6.45) is 10.8. The van der Waals surface area contributed by atoms with Crippen LogP contribution in [0.1, 0.15) is 41.3 Å². The minimum absolute atomic E-state index is 0.0423. The van der Waals surface area contributed by atoms with Crippen molar-refractivity contribution in [2.75, 3.05) is 25.0 Å². The number of anilines is 1. The highest BCUT2D eigenvalue weighted by Crippen LogP contribution is 2.28. The predicted octanol–water partition coefficient (Wildman–Crippen LogP) is 3.78. The van der Waals surface area contributed by atoms with E-state index in [1.807, 2.05) is 43.1 Å². The Kier molecular flexibility index (Phi) is 6.11. The average Bonchev–Trinajstić information content (AvgIpc) is 3.55. The Morgan fingerprint density at radius 1 is 1.31 bits per heavy atom. The van der Waals surface area contributed by atoms with Crippen LogP contribution in [-0.2, 0) is 13.0 Å². The highest BCUT2D eigenvalue weighted by molar-refractivity contribution is 5.98. The fourth-order valence-corrected chi connectivity index (χ4v) is 5.01. The van der Waals surface area contributed by atoms with Crippen LogP contribution in [0, 0.1) is 0 Å². The van der Waals surface area contributed by atoms with Crippen LogP contribution >= 0.6 is 0 Å². The smallest absolute Gasteiger partial charge is 0.255 e. The minimum Gasteiger partial charge on any atom is -0.463 e. The third kappa shape index (κ3) is 4.32. The van der Waals surface area contributed by atoms with E-state index in [0.29, 0.717) is 29.9 Å². The fraction of sp³-hybridized carbons (Fsp3) is 0.333. The first-order valence-corrected chi connectivity index (χ1v) is 11.9. The third-order valence-electron chi connectivity index (χ3n) is 6.90. The van der Waals surface area contributed by atoms with E-state index in [0.717, 1.165) is 48.6 Å². The van der Waals surface area contributed by atoms with Gasteiger partial charge in [0, 0.05) is 50.6 Å². The summed E-state index contributed by atoms with van der Waals surface area (Å²) < 4.78 is 7.06. The first kappa shape index (κ1) is 22.8. The molecule has 35 heavy (non-hydrogen) atoms. The van der Waals surface area contributed by atoms with Gasteiger partial charge in [-0.25, -0.2) is 9.97 Å². The van der Waals surface area contributed by atoms with Crippen molar-refractivity contribution >= 4 is 17.8 Å². The third-order valence-corrected chi connectivity index (χ3v) is 6.90. The fourth-order valence-electron chi connectivity index (χ4n) is 5.01. The van der Waals surface area contributed by atoms with E-state index in [-0.39, 0.29) is 17.5 Å². The Labute approximate surface area is 204 Å². The molecule has 0 spiro atoms. The van der Waals surface area contributed by atoms with Crippen molar-refractivity contribution in [3.63, 3.8) is 0 Å². The van der Waals surface area contributed by atoms with Crippen LogP contribution in [0.4, 0.5) is 5.82 Å². The summed E-state index contributed by atoms with van der Waals surface area (Å²) in [4.78, 5) is 39.3. The zero-order chi connectivity index (χ0) is 24.5. The van der Waals surface area contributed by atoms with Gasteiger partial charge in [0.05, 0.1) is 11.8 Å². The molecule has 4 heterocycles. The van der Waals surface area contributed by atoms with Gasteiger partial charge in [-0.15, -0.1) is 6.58 Å². The Bertz CT molecular complexity index is 1350. The molecule has 3 aromatic heterocycles. The molecule has 5 rings (SSSR count). The Morgan fingerprint density at radius 3 is 2.83 bits per heavy atom. The van der Waals surface area contributed by atoms with Crippen LogP contribution in [0.15, 0.2) is 64.4 Å². The van der Waals surface area contributed by atoms with Crippen LogP contribution in [-0.4, -0.2) is 51.5 Å². The van der Waals surface area contributed by atoms with E-state index in [4.69, 9.17) is 4.42 Å². The number of hydrogen-bond acceptors (Lipinski definition) is 6. The van der Waals surface area contributed by atoms with Crippen molar-refractivity contribution in [1.29, 1.82) is 0 Å². The Morgan fingerprint density at radius 2 is 2.11 bits per heavy atom. The molecule has 1 amide bonds. The zero-order valence-corrected chi connectivity index (χ0v) is 20.1. The first-order valence-electron chi connectivity index (χ1n) is 11.9. The molecule has 3 aromatic rings. The second kappa shape index (κ2) is 9.37. The number of hydrogen-bond donors (Lipinski definition) is 0. The van der Waals surface area contributed by atoms with E-state index in [1.165, 1.54) is 0 Å². The largest absolute Gasteiger partial charge is 0.463 e. The molecule has 8 nitrogen and oxygen atoms in total. The van der Waals surface area contributed by atoms with Crippen LogP contribution in [0.25, 0.3) is 17.5 Å². The molecule has 180 valence electrons. The number of pyridine rings is 1. The number of carbonyl (C=O) groups is 1. The van der Waals surface area contributed by atoms with E-state index in [1.54, 1.807) is 29.4 Å². The van der Waals surface area contributed by atoms with Crippen molar-refractivity contribution < 1.29 is 9.21 Å². The lowest BCUT2D eigenvalue weighted by Gasteiger charge is -2.37. The number of rotatable bonds is 6. The van der Waals surface area contributed by atoms with Crippen LogP contribution in [0.3, 0.4) is 0 Å². The highest BCUT2D eigenvalue weighted by Gasteiger charge is 2.30. The van der Waals surface area contributed by atoms with Gasteiger partial charge in [-0.3, -0.25) is 9.59 Å². The standard InChI is InChI=1S/C27H29N5O3/c1-4-9-32-16-22(20-13-18(2)14-21(20)27(32)34)26(33)30(3)19-7-10-31(11-8-19)25-15-23(28-17-29-25)24-6-5-12-35-24/h4-6,12-13,15-17,19H,1,7-11,14H2,2-3H3. The monoisotopic (exact) mass is 471 g/mol. The number of nitrogens with zero attached hydrogens (tertiary/aromatic N) is 5. The number of piperidine rings is 1. The van der Waals surface area contributed by atoms with Gasteiger partial charge in [0.15, 0.2) is 5.76 Å². The zero-order valence-electron chi connectivity index (χ0n) is 20.1. The van der Waals surface area contributed by atoms with Gasteiger partial charge in [-0.05, 0) is 43.9 Å². The maximum Gasteiger partial charge on any atom is 0.255 e. The van der Waals surface area contributed by atoms with Gasteiger partial charge in [0.2, 0.25) is 0 Å². The Hall–Kier alpha value is -3.94. The topological polar surface area (TPSA) is 84.5 Å². The van der Waals surface area contributed by atoms with Crippen molar-refractivity contribution in [3.05, 3.63) is 82.3 Å². The van der Waals surface area contributed by atoms with E-state index < -0.39 is 0 Å². The van der Waals surface area contributed by atoms with E-state index in [9.17, 15) is 9.59 Å². The number of carbonyl (C=O) groups excluding carboxylic acids is 1. The van der Waals surface area contributed by atoms with Crippen molar-refractivity contribution in [2.45, 2.75) is 38.8 Å². The summed E-state index contributed by atoms with van der Waals surface area (Å²) in [7, 11) is 1.86. The van der Waals surface area contributed by atoms with Crippen molar-refractivity contribution in [1.82, 2.24) is 19.4 Å². The number of amides is 1. The van der Waals surface area contributed by atoms with Crippen LogP contribution in [0.5, 0.6) is 0 Å². The lowest BCUT2D eigenvalue weighted by Crippen LogP contribution is -2.46. The molecule has 2 aliphatic rings. The lowest BCUT2D eigenvalue weighted by molar-refractivity contribution is 0.0708. The number of allylic oxidation sites excluding steroid dienone is 2. The van der Waals surface area contributed by atoms with Crippen molar-refractivity contribution in [3.8, 4) is 11.5 Å². The summed E-state index contributed by atoms with van der Waals surface area (Å²) in [5, 5.41) is 0. The van der Waals surface area contributed by atoms with Gasteiger partial charge in [0.1, 0.15) is 17.8 Å². The summed E-state index contributed by atoms with van der Waals surface area (Å²) in [5.74, 6) is 1.52. The van der Waals surface area contributed by atoms with Gasteiger partial charge in [0.25, 0.3) is 11.5 Å². The van der Waals surface area contributed by atoms with E-state index in [2.05, 4.69) is 21.4 Å². The van der Waals surface area contributed by atoms with Crippen LogP contribution < -0.4 is 10.5 Å². The maximum atomic E-state index is 13.6. The quantitative estimate of drug-likeness (QED) is 0.509. The molecule has 1 fully saturated rings. The second-order valence-corrected chi connectivity index (χ2v) is 9.22. The highest BCUT2D eigenvalue weighted by atomic mass is 16.3. The van der Waals surface area contributed by atoms with Gasteiger partial charge in [-0.2, -0.15) is 0 Å². The summed E-state index contributed by atoms with van der Waals surface area (Å²) in [6, 6.07) is 5.76. The summed E-state index contributed by atoms with van der Waals surface area (Å²) >= 11 is 0. The second-order valence-electron chi connectivity index (χ2n) is 9.22. The molecule has 0 atom stereocenters. The average molecular weight is 472 g/mol. The number of aromatic nitrogens is 3. The summed E-state index contributed by atoms with van der Waals surface area (Å²) in [6.45, 7) is 7.69. The summed E-state index contributed by atoms with van der Waals surface area (Å²) in [5.41, 5.74) is 3.86. The lowest BCUT2D eigenvalue weighted by atomic mass is 10.0. The molecule has 8 heteroatoms. The van der Waals surface area contributed by atoms with Gasteiger partial charge < -0.3 is 18.8 Å². The SMILES string of the molecule is C=CCn1cc(C(=O)N(C)C2CCN(c3cc(-c4ccco4)ncn3)CC2)c2c(c1=O)CC(C)=C2. The molecule has 0 aromatic carbocycles. The predicted molar refractivity (Wildman–Crippen MR) is 135 cm³/mol. The van der Waals surface area contributed by atoms with Gasteiger partial charge in [-0.1, -0.05) is 17.7 Å². The number of furan rings is 1. The molecule has 0 saturated carbocycles. The minimum atomic E-state index is -0.0504. The molecular formula is C27H29N5O3. The molecule has 0 N–H and O–H groups in total. The molecule has 0 bridgehead atoms. The molecule has 1 saturated heterocycles. The molecular weight excluding hydrogens is 442 g/mol. The van der Waals surface area contributed by atoms with Crippen molar-refractivity contribution in [2.24, 2.45) is 0 Å². The van der Waals surface area contributed by atoms with Crippen LogP contribution in [0.2, 0.25) is 0 Å². The molecule has 0 unspecified atom stereocenters. The molecule has 1 aliphatic carbocycles. The number of fused-ring (bicyclic) bond motifs is 1. The normalized spacial score (nSPS) is 15.6.